The van der Waals surface area contributed by atoms with Crippen LogP contribution in [-0.2, 0) is 26.1 Å². The number of nitrogens with one attached hydrogen (secondary N) is 2. The smallest absolute Gasteiger partial charge is 0.241 e. The van der Waals surface area contributed by atoms with E-state index in [1.165, 1.54) is 18.2 Å². The number of carbonyl (C=O) groups is 1. The fourth-order valence-corrected chi connectivity index (χ4v) is 7.76. The quantitative estimate of drug-likeness (QED) is 0.127. The molecule has 1 fully saturated rings. The Hall–Kier alpha value is -3.69. The van der Waals surface area contributed by atoms with Crippen molar-refractivity contribution >= 4 is 52.0 Å². The van der Waals surface area contributed by atoms with Gasteiger partial charge in [0.2, 0.25) is 11.9 Å². The number of amides is 1. The molecule has 2 aromatic carbocycles. The maximum Gasteiger partial charge on any atom is 0.241 e. The number of hydrogen-bond acceptors (Lipinski definition) is 9. The first-order chi connectivity index (χ1) is 23.4. The SMILES string of the molecule is Cc1cnc(Nc2cccc(S(C)(=O)=O)c2F)nc1-c1cn(COCC[Si](C)(C)C)c2c(NC(=O)C(C)N3C[C@H](C)N(C)[C@@H](C)C3)cccc12. The summed E-state index contributed by atoms with van der Waals surface area (Å²) in [5.74, 6) is -0.877. The van der Waals surface area contributed by atoms with Gasteiger partial charge in [0.1, 0.15) is 11.6 Å². The fraction of sp³-hybridized carbons (Fsp3) is 0.472. The number of nitrogens with zero attached hydrogens (tertiary/aromatic N) is 5. The Morgan fingerprint density at radius 1 is 1.10 bits per heavy atom. The molecule has 5 rings (SSSR count). The van der Waals surface area contributed by atoms with Crippen LogP contribution in [0.5, 0.6) is 0 Å². The van der Waals surface area contributed by atoms with Crippen LogP contribution in [0.25, 0.3) is 22.2 Å². The number of piperazine rings is 1. The Morgan fingerprint density at radius 3 is 2.42 bits per heavy atom. The molecular formula is C36H50FN7O4SSi. The second kappa shape index (κ2) is 14.9. The third-order valence-corrected chi connectivity index (χ3v) is 12.4. The average Bonchev–Trinajstić information content (AvgIpc) is 3.41. The van der Waals surface area contributed by atoms with E-state index in [9.17, 15) is 13.2 Å². The maximum absolute atomic E-state index is 15.2. The van der Waals surface area contributed by atoms with Crippen LogP contribution in [0.3, 0.4) is 0 Å². The molecule has 1 aliphatic rings. The molecule has 2 aromatic heterocycles. The lowest BCUT2D eigenvalue weighted by Crippen LogP contribution is -2.58. The number of halogens is 1. The van der Waals surface area contributed by atoms with Gasteiger partial charge >= 0.3 is 0 Å². The zero-order valence-electron chi connectivity index (χ0n) is 30.5. The number of benzene rings is 2. The first kappa shape index (κ1) is 37.6. The molecule has 11 nitrogen and oxygen atoms in total. The minimum atomic E-state index is -3.78. The highest BCUT2D eigenvalue weighted by Crippen LogP contribution is 2.36. The van der Waals surface area contributed by atoms with Gasteiger partial charge in [-0.25, -0.2) is 22.8 Å². The van der Waals surface area contributed by atoms with Crippen LogP contribution in [-0.4, -0.2) is 97.9 Å². The predicted octanol–water partition coefficient (Wildman–Crippen LogP) is 6.36. The van der Waals surface area contributed by atoms with Gasteiger partial charge in [-0.05, 0) is 64.5 Å². The monoisotopic (exact) mass is 723 g/mol. The molecule has 2 N–H and O–H groups in total. The van der Waals surface area contributed by atoms with E-state index >= 15 is 4.39 Å². The Kier molecular flexibility index (Phi) is 11.2. The van der Waals surface area contributed by atoms with Crippen LogP contribution < -0.4 is 10.6 Å². The molecule has 270 valence electrons. The number of hydrogen-bond donors (Lipinski definition) is 2. The zero-order chi connectivity index (χ0) is 36.5. The van der Waals surface area contributed by atoms with Crippen LogP contribution in [0.2, 0.25) is 25.7 Å². The molecule has 14 heteroatoms. The van der Waals surface area contributed by atoms with E-state index in [-0.39, 0.29) is 30.3 Å². The largest absolute Gasteiger partial charge is 0.361 e. The lowest BCUT2D eigenvalue weighted by Gasteiger charge is -2.44. The summed E-state index contributed by atoms with van der Waals surface area (Å²) in [7, 11) is -2.97. The van der Waals surface area contributed by atoms with Gasteiger partial charge in [0.15, 0.2) is 15.7 Å². The number of rotatable bonds is 12. The van der Waals surface area contributed by atoms with Crippen molar-refractivity contribution in [3.05, 3.63) is 60.2 Å². The Morgan fingerprint density at radius 2 is 1.76 bits per heavy atom. The van der Waals surface area contributed by atoms with Crippen molar-refractivity contribution in [2.45, 2.75) is 83.1 Å². The predicted molar refractivity (Wildman–Crippen MR) is 201 cm³/mol. The number of anilines is 3. The van der Waals surface area contributed by atoms with Crippen molar-refractivity contribution in [2.75, 3.05) is 43.6 Å². The van der Waals surface area contributed by atoms with E-state index in [2.05, 4.69) is 66.0 Å². The van der Waals surface area contributed by atoms with Crippen molar-refractivity contribution in [1.82, 2.24) is 24.3 Å². The minimum Gasteiger partial charge on any atom is -0.361 e. The third-order valence-electron chi connectivity index (χ3n) is 9.53. The highest BCUT2D eigenvalue weighted by molar-refractivity contribution is 7.90. The van der Waals surface area contributed by atoms with E-state index in [0.717, 1.165) is 47.4 Å². The van der Waals surface area contributed by atoms with Crippen molar-refractivity contribution in [3.8, 4) is 11.3 Å². The first-order valence-corrected chi connectivity index (χ1v) is 22.6. The van der Waals surface area contributed by atoms with Crippen LogP contribution in [0.15, 0.2) is 53.7 Å². The lowest BCUT2D eigenvalue weighted by molar-refractivity contribution is -0.122. The van der Waals surface area contributed by atoms with Crippen molar-refractivity contribution in [3.63, 3.8) is 0 Å². The summed E-state index contributed by atoms with van der Waals surface area (Å²) in [4.78, 5) is 27.1. The molecular weight excluding hydrogens is 674 g/mol. The number of carbonyl (C=O) groups excluding carboxylic acids is 1. The van der Waals surface area contributed by atoms with Gasteiger partial charge < -0.3 is 19.9 Å². The van der Waals surface area contributed by atoms with Crippen molar-refractivity contribution in [1.29, 1.82) is 0 Å². The van der Waals surface area contributed by atoms with Crippen LogP contribution in [0.1, 0.15) is 26.3 Å². The third kappa shape index (κ3) is 8.43. The molecule has 1 unspecified atom stereocenters. The summed E-state index contributed by atoms with van der Waals surface area (Å²) in [6, 6.07) is 11.3. The maximum atomic E-state index is 15.2. The normalized spacial score (nSPS) is 18.4. The number of sulfone groups is 1. The molecule has 0 bridgehead atoms. The lowest BCUT2D eigenvalue weighted by atomic mass is 10.1. The summed E-state index contributed by atoms with van der Waals surface area (Å²) in [5, 5.41) is 6.95. The van der Waals surface area contributed by atoms with Gasteiger partial charge in [0.05, 0.1) is 28.6 Å². The van der Waals surface area contributed by atoms with Gasteiger partial charge in [0, 0.05) is 69.5 Å². The Balaban J connectivity index is 1.51. The van der Waals surface area contributed by atoms with Crippen LogP contribution in [0, 0.1) is 12.7 Å². The van der Waals surface area contributed by atoms with Gasteiger partial charge in [-0.3, -0.25) is 14.6 Å². The molecule has 0 saturated carbocycles. The average molecular weight is 724 g/mol. The molecule has 1 aliphatic heterocycles. The summed E-state index contributed by atoms with van der Waals surface area (Å²) in [6.07, 6.45) is 4.57. The topological polar surface area (TPSA) is 122 Å². The Bertz CT molecular complexity index is 1970. The van der Waals surface area contributed by atoms with Crippen LogP contribution in [0.4, 0.5) is 21.7 Å². The number of ether oxygens (including phenoxy) is 1. The van der Waals surface area contributed by atoms with Crippen LogP contribution >= 0.6 is 0 Å². The number of para-hydroxylation sites is 1. The van der Waals surface area contributed by atoms with Gasteiger partial charge in [-0.15, -0.1) is 0 Å². The van der Waals surface area contributed by atoms with E-state index < -0.39 is 28.6 Å². The first-order valence-electron chi connectivity index (χ1n) is 17.0. The highest BCUT2D eigenvalue weighted by Gasteiger charge is 2.32. The molecule has 0 radical (unpaired) electrons. The zero-order valence-corrected chi connectivity index (χ0v) is 32.4. The molecule has 4 aromatic rings. The second-order valence-electron chi connectivity index (χ2n) is 14.8. The molecule has 0 aliphatic carbocycles. The minimum absolute atomic E-state index is 0.0517. The molecule has 0 spiro atoms. The standard InChI is InChI=1S/C36H50FN7O4SSi/c1-23-18-38-36(40-29-13-11-15-31(32(29)37)49(6,46)47)41-33(23)28-21-44(22-48-16-17-50(7,8)9)34-27(28)12-10-14-30(34)39-35(45)26(4)43-19-24(2)42(5)25(3)20-43/h10-15,18,21,24-26H,16-17,19-20,22H2,1-9H3,(H,39,45)(H,38,40,41)/t24-,25-,26?/m0/s1. The molecule has 3 heterocycles. The van der Waals surface area contributed by atoms with Crippen molar-refractivity contribution < 1.29 is 22.3 Å². The summed E-state index contributed by atoms with van der Waals surface area (Å²) < 4.78 is 47.7. The second-order valence-corrected chi connectivity index (χ2v) is 22.4. The summed E-state index contributed by atoms with van der Waals surface area (Å²) >= 11 is 0. The fourth-order valence-electron chi connectivity index (χ4n) is 6.25. The number of likely N-dealkylation sites (N-methyl/N-ethyl adjacent to an activating group) is 1. The molecule has 1 saturated heterocycles. The van der Waals surface area contributed by atoms with Gasteiger partial charge in [0.25, 0.3) is 0 Å². The van der Waals surface area contributed by atoms with Gasteiger partial charge in [-0.2, -0.15) is 0 Å². The molecule has 3 atom stereocenters. The highest BCUT2D eigenvalue weighted by atomic mass is 32.2. The number of aryl methyl sites for hydroxylation is 1. The summed E-state index contributed by atoms with van der Waals surface area (Å²) in [6.45, 7) is 17.6. The molecule has 50 heavy (non-hydrogen) atoms. The van der Waals surface area contributed by atoms with Crippen molar-refractivity contribution in [2.24, 2.45) is 0 Å². The van der Waals surface area contributed by atoms with E-state index in [4.69, 9.17) is 9.72 Å². The van der Waals surface area contributed by atoms with E-state index in [0.29, 0.717) is 30.1 Å². The molecule has 1 amide bonds. The summed E-state index contributed by atoms with van der Waals surface area (Å²) in [5.41, 5.74) is 3.58. The van der Waals surface area contributed by atoms with Gasteiger partial charge in [-0.1, -0.05) is 37.8 Å². The Labute approximate surface area is 296 Å². The number of aromatic nitrogens is 3. The number of fused-ring (bicyclic) bond motifs is 1. The van der Waals surface area contributed by atoms with E-state index in [1.807, 2.05) is 42.8 Å². The van der Waals surface area contributed by atoms with E-state index in [1.54, 1.807) is 6.20 Å².